The van der Waals surface area contributed by atoms with Crippen LogP contribution in [0.5, 0.6) is 0 Å². The molecule has 0 radical (unpaired) electrons. The van der Waals surface area contributed by atoms with Crippen molar-refractivity contribution in [1.29, 1.82) is 0 Å². The van der Waals surface area contributed by atoms with Gasteiger partial charge in [0.15, 0.2) is 5.82 Å². The van der Waals surface area contributed by atoms with E-state index in [9.17, 15) is 9.18 Å². The lowest BCUT2D eigenvalue weighted by molar-refractivity contribution is 0.0595. The fourth-order valence-electron chi connectivity index (χ4n) is 1.78. The zero-order chi connectivity index (χ0) is 13.4. The predicted octanol–water partition coefficient (Wildman–Crippen LogP) is 3.31. The summed E-state index contributed by atoms with van der Waals surface area (Å²) in [6.45, 7) is 3.94. The normalized spacial score (nSPS) is 11.2. The van der Waals surface area contributed by atoms with Crippen molar-refractivity contribution in [2.24, 2.45) is 0 Å². The number of benzene rings is 1. The number of halogens is 2. The van der Waals surface area contributed by atoms with Crippen LogP contribution in [0.2, 0.25) is 0 Å². The van der Waals surface area contributed by atoms with Gasteiger partial charge >= 0.3 is 5.97 Å². The van der Waals surface area contributed by atoms with Gasteiger partial charge in [-0.2, -0.15) is 0 Å². The van der Waals surface area contributed by atoms with E-state index in [1.165, 1.54) is 13.2 Å². The lowest BCUT2D eigenvalue weighted by Gasteiger charge is -2.10. The van der Waals surface area contributed by atoms with Crippen LogP contribution in [-0.4, -0.2) is 22.6 Å². The van der Waals surface area contributed by atoms with E-state index in [1.54, 1.807) is 6.33 Å². The third-order valence-electron chi connectivity index (χ3n) is 2.70. The molecule has 0 spiro atoms. The highest BCUT2D eigenvalue weighted by Crippen LogP contribution is 2.31. The van der Waals surface area contributed by atoms with Gasteiger partial charge in [-0.1, -0.05) is 0 Å². The van der Waals surface area contributed by atoms with Crippen LogP contribution in [0.1, 0.15) is 30.2 Å². The molecule has 0 saturated heterocycles. The molecule has 0 aliphatic heterocycles. The number of fused-ring (bicyclic) bond motifs is 1. The highest BCUT2D eigenvalue weighted by atomic mass is 79.9. The van der Waals surface area contributed by atoms with Crippen LogP contribution in [-0.2, 0) is 4.74 Å². The van der Waals surface area contributed by atoms with Gasteiger partial charge in [0.2, 0.25) is 0 Å². The molecular formula is C12H12BrFN2O2. The Balaban J connectivity index is 2.77. The van der Waals surface area contributed by atoms with Gasteiger partial charge in [0.1, 0.15) is 0 Å². The molecule has 4 nitrogen and oxygen atoms in total. The second-order valence-electron chi connectivity index (χ2n) is 4.16. The Morgan fingerprint density at radius 3 is 2.78 bits per heavy atom. The topological polar surface area (TPSA) is 44.1 Å². The Kier molecular flexibility index (Phi) is 3.38. The van der Waals surface area contributed by atoms with E-state index >= 15 is 0 Å². The zero-order valence-electron chi connectivity index (χ0n) is 10.2. The molecule has 2 aromatic rings. The quantitative estimate of drug-likeness (QED) is 0.799. The summed E-state index contributed by atoms with van der Waals surface area (Å²) >= 11 is 3.18. The number of carbonyl (C=O) groups excluding carboxylic acids is 1. The highest BCUT2D eigenvalue weighted by Gasteiger charge is 2.21. The Hall–Kier alpha value is -1.43. The molecule has 0 saturated carbocycles. The minimum Gasteiger partial charge on any atom is -0.465 e. The molecule has 1 aromatic heterocycles. The molecule has 96 valence electrons. The Labute approximate surface area is 112 Å². The summed E-state index contributed by atoms with van der Waals surface area (Å²) in [6, 6.07) is 1.55. The van der Waals surface area contributed by atoms with Gasteiger partial charge in [-0.05, 0) is 35.8 Å². The molecule has 0 aliphatic carbocycles. The van der Waals surface area contributed by atoms with E-state index < -0.39 is 11.8 Å². The number of ether oxygens (including phenoxy) is 1. The molecule has 6 heteroatoms. The number of carbonyl (C=O) groups is 1. The molecule has 0 atom stereocenters. The van der Waals surface area contributed by atoms with Gasteiger partial charge in [-0.25, -0.2) is 14.2 Å². The van der Waals surface area contributed by atoms with E-state index in [0.29, 0.717) is 11.0 Å². The number of aromatic nitrogens is 2. The molecule has 18 heavy (non-hydrogen) atoms. The van der Waals surface area contributed by atoms with Gasteiger partial charge < -0.3 is 9.30 Å². The van der Waals surface area contributed by atoms with Crippen molar-refractivity contribution in [3.8, 4) is 0 Å². The second-order valence-corrected chi connectivity index (χ2v) is 4.95. The Morgan fingerprint density at radius 2 is 2.22 bits per heavy atom. The summed E-state index contributed by atoms with van der Waals surface area (Å²) in [5, 5.41) is 0. The Bertz CT molecular complexity index is 622. The summed E-state index contributed by atoms with van der Waals surface area (Å²) < 4.78 is 20.7. The minimum absolute atomic E-state index is 0.120. The third kappa shape index (κ3) is 1.90. The number of esters is 1. The van der Waals surface area contributed by atoms with Crippen LogP contribution in [0, 0.1) is 5.82 Å². The van der Waals surface area contributed by atoms with Gasteiger partial charge in [0, 0.05) is 6.04 Å². The fraction of sp³-hybridized carbons (Fsp3) is 0.333. The summed E-state index contributed by atoms with van der Waals surface area (Å²) in [5.74, 6) is -1.34. The van der Waals surface area contributed by atoms with Gasteiger partial charge in [0.25, 0.3) is 0 Å². The van der Waals surface area contributed by atoms with Crippen LogP contribution in [0.15, 0.2) is 16.9 Å². The first kappa shape index (κ1) is 13.0. The predicted molar refractivity (Wildman–Crippen MR) is 69.1 cm³/mol. The van der Waals surface area contributed by atoms with Gasteiger partial charge in [-0.15, -0.1) is 0 Å². The van der Waals surface area contributed by atoms with Crippen LogP contribution in [0.3, 0.4) is 0 Å². The zero-order valence-corrected chi connectivity index (χ0v) is 11.8. The minimum atomic E-state index is -0.714. The maximum absolute atomic E-state index is 14.1. The van der Waals surface area contributed by atoms with Gasteiger partial charge in [-0.3, -0.25) is 0 Å². The van der Waals surface area contributed by atoms with E-state index in [2.05, 4.69) is 25.7 Å². The van der Waals surface area contributed by atoms with E-state index in [-0.39, 0.29) is 16.1 Å². The van der Waals surface area contributed by atoms with Crippen LogP contribution in [0.25, 0.3) is 11.0 Å². The number of rotatable bonds is 2. The average Bonchev–Trinajstić information content (AvgIpc) is 2.76. The largest absolute Gasteiger partial charge is 0.465 e. The lowest BCUT2D eigenvalue weighted by atomic mass is 10.2. The smallest absolute Gasteiger partial charge is 0.340 e. The van der Waals surface area contributed by atoms with E-state index in [1.807, 2.05) is 18.4 Å². The molecule has 0 unspecified atom stereocenters. The maximum Gasteiger partial charge on any atom is 0.340 e. The van der Waals surface area contributed by atoms with Crippen molar-refractivity contribution in [2.45, 2.75) is 19.9 Å². The monoisotopic (exact) mass is 314 g/mol. The first-order valence-electron chi connectivity index (χ1n) is 5.40. The van der Waals surface area contributed by atoms with Crippen LogP contribution < -0.4 is 0 Å². The first-order chi connectivity index (χ1) is 8.47. The van der Waals surface area contributed by atoms with E-state index in [0.717, 1.165) is 0 Å². The van der Waals surface area contributed by atoms with Crippen molar-refractivity contribution in [2.75, 3.05) is 7.11 Å². The Morgan fingerprint density at radius 1 is 1.56 bits per heavy atom. The number of nitrogens with zero attached hydrogens (tertiary/aromatic N) is 2. The number of methoxy groups -OCH3 is 1. The lowest BCUT2D eigenvalue weighted by Crippen LogP contribution is -2.06. The molecule has 2 rings (SSSR count). The molecule has 1 aromatic carbocycles. The van der Waals surface area contributed by atoms with Crippen LogP contribution >= 0.6 is 15.9 Å². The molecule has 0 amide bonds. The number of hydrogen-bond donors (Lipinski definition) is 0. The van der Waals surface area contributed by atoms with Crippen molar-refractivity contribution in [3.05, 3.63) is 28.2 Å². The molecule has 0 fully saturated rings. The average molecular weight is 315 g/mol. The maximum atomic E-state index is 14.1. The standard InChI is InChI=1S/C12H12BrFN2O2/c1-6(2)16-5-15-8-4-7(12(17)18-3)10(14)9(13)11(8)16/h4-6H,1-3H3. The summed E-state index contributed by atoms with van der Waals surface area (Å²) in [5.41, 5.74) is 1.07. The van der Waals surface area contributed by atoms with Crippen molar-refractivity contribution in [3.63, 3.8) is 0 Å². The summed E-state index contributed by atoms with van der Waals surface area (Å²) in [7, 11) is 1.21. The summed E-state index contributed by atoms with van der Waals surface area (Å²) in [6.07, 6.45) is 1.63. The van der Waals surface area contributed by atoms with Crippen molar-refractivity contribution in [1.82, 2.24) is 9.55 Å². The van der Waals surface area contributed by atoms with Gasteiger partial charge in [0.05, 0.1) is 34.5 Å². The number of imidazole rings is 1. The second kappa shape index (κ2) is 4.68. The molecule has 0 N–H and O–H groups in total. The summed E-state index contributed by atoms with van der Waals surface area (Å²) in [4.78, 5) is 15.6. The van der Waals surface area contributed by atoms with Crippen molar-refractivity contribution < 1.29 is 13.9 Å². The molecular weight excluding hydrogens is 303 g/mol. The molecule has 0 aliphatic rings. The first-order valence-corrected chi connectivity index (χ1v) is 6.19. The number of hydrogen-bond acceptors (Lipinski definition) is 3. The third-order valence-corrected chi connectivity index (χ3v) is 3.43. The highest BCUT2D eigenvalue weighted by molar-refractivity contribution is 9.10. The molecule has 1 heterocycles. The fourth-order valence-corrected chi connectivity index (χ4v) is 2.40. The van der Waals surface area contributed by atoms with E-state index in [4.69, 9.17) is 0 Å². The molecule has 0 bridgehead atoms. The SMILES string of the molecule is COC(=O)c1cc2ncn(C(C)C)c2c(Br)c1F. The van der Waals surface area contributed by atoms with Crippen LogP contribution in [0.4, 0.5) is 4.39 Å². The van der Waals surface area contributed by atoms with Crippen molar-refractivity contribution >= 4 is 32.9 Å².